The van der Waals surface area contributed by atoms with Crippen LogP contribution in [0.3, 0.4) is 0 Å². The van der Waals surface area contributed by atoms with E-state index in [4.69, 9.17) is 9.47 Å². The van der Waals surface area contributed by atoms with Crippen molar-refractivity contribution in [2.75, 3.05) is 20.1 Å². The number of benzene rings is 2. The van der Waals surface area contributed by atoms with Crippen molar-refractivity contribution in [3.05, 3.63) is 41.2 Å². The van der Waals surface area contributed by atoms with Crippen LogP contribution in [-0.4, -0.2) is 47.8 Å². The Balaban J connectivity index is 1.81. The number of carbonyl (C=O) groups excluding carboxylic acids is 1. The molecule has 0 atom stereocenters. The Morgan fingerprint density at radius 2 is 2.00 bits per heavy atom. The lowest BCUT2D eigenvalue weighted by Crippen LogP contribution is -2.35. The smallest absolute Gasteiger partial charge is 0.342 e. The largest absolute Gasteiger partial charge is 0.506 e. The van der Waals surface area contributed by atoms with Gasteiger partial charge in [0, 0.05) is 29.4 Å². The van der Waals surface area contributed by atoms with Crippen LogP contribution in [0.1, 0.15) is 42.6 Å². The number of piperidine rings is 1. The molecule has 148 valence electrons. The van der Waals surface area contributed by atoms with E-state index in [1.807, 2.05) is 27.0 Å². The lowest BCUT2D eigenvalue weighted by atomic mass is 9.93. The first-order chi connectivity index (χ1) is 13.2. The molecule has 5 nitrogen and oxygen atoms in total. The quantitative estimate of drug-likeness (QED) is 0.788. The first-order valence-electron chi connectivity index (χ1n) is 9.51. The van der Waals surface area contributed by atoms with Crippen LogP contribution in [0.5, 0.6) is 11.5 Å². The number of aromatic hydroxyl groups is 1. The monoisotopic (exact) mass is 385 g/mol. The number of esters is 1. The maximum atomic E-state index is 13.9. The van der Waals surface area contributed by atoms with E-state index in [0.717, 1.165) is 25.9 Å². The first-order valence-corrected chi connectivity index (χ1v) is 9.51. The number of halogens is 1. The molecular formula is C22H24FNO4. The van der Waals surface area contributed by atoms with Gasteiger partial charge in [0.25, 0.3) is 0 Å². The summed E-state index contributed by atoms with van der Waals surface area (Å²) in [4.78, 5) is 15.2. The van der Waals surface area contributed by atoms with Crippen molar-refractivity contribution in [3.8, 4) is 11.5 Å². The summed E-state index contributed by atoms with van der Waals surface area (Å²) in [7, 11) is 2.03. The predicted molar refractivity (Wildman–Crippen MR) is 105 cm³/mol. The molecule has 2 aromatic rings. The molecule has 0 spiro atoms. The summed E-state index contributed by atoms with van der Waals surface area (Å²) < 4.78 is 25.6. The molecule has 1 N–H and O–H groups in total. The standard InChI is InChI=1S/C22H24FNO4/c1-22(2)9-6-16-18(21(26)27-14-7-10-24(3)11-8-14)19(25)15-5-4-13(23)12-17(15)20(16)28-22/h4-6,9,12,14,25H,7-8,10-11H2,1-3H3. The second-order valence-electron chi connectivity index (χ2n) is 8.10. The lowest BCUT2D eigenvalue weighted by molar-refractivity contribution is 0.0135. The molecule has 4 rings (SSSR count). The molecule has 2 aromatic carbocycles. The molecule has 0 aliphatic carbocycles. The molecular weight excluding hydrogens is 361 g/mol. The second-order valence-corrected chi connectivity index (χ2v) is 8.10. The number of likely N-dealkylation sites (tertiary alicyclic amines) is 1. The molecule has 2 heterocycles. The zero-order chi connectivity index (χ0) is 20.1. The molecule has 0 radical (unpaired) electrons. The summed E-state index contributed by atoms with van der Waals surface area (Å²) in [6, 6.07) is 4.03. The zero-order valence-corrected chi connectivity index (χ0v) is 16.3. The fourth-order valence-corrected chi connectivity index (χ4v) is 3.80. The molecule has 1 fully saturated rings. The number of phenols is 1. The van der Waals surface area contributed by atoms with Crippen molar-refractivity contribution in [2.45, 2.75) is 38.4 Å². The number of fused-ring (bicyclic) bond motifs is 3. The van der Waals surface area contributed by atoms with Crippen LogP contribution in [0.4, 0.5) is 4.39 Å². The third-order valence-corrected chi connectivity index (χ3v) is 5.39. The molecule has 1 saturated heterocycles. The van der Waals surface area contributed by atoms with Gasteiger partial charge in [0.05, 0.1) is 0 Å². The summed E-state index contributed by atoms with van der Waals surface area (Å²) in [5.41, 5.74) is -0.120. The summed E-state index contributed by atoms with van der Waals surface area (Å²) in [5.74, 6) is -0.844. The Bertz CT molecular complexity index is 974. The molecule has 2 aliphatic heterocycles. The van der Waals surface area contributed by atoms with E-state index in [1.54, 1.807) is 6.08 Å². The van der Waals surface area contributed by atoms with E-state index in [9.17, 15) is 14.3 Å². The van der Waals surface area contributed by atoms with Gasteiger partial charge in [-0.2, -0.15) is 0 Å². The van der Waals surface area contributed by atoms with Gasteiger partial charge < -0.3 is 19.5 Å². The van der Waals surface area contributed by atoms with Gasteiger partial charge in [0.1, 0.15) is 34.6 Å². The highest BCUT2D eigenvalue weighted by Crippen LogP contribution is 2.45. The highest BCUT2D eigenvalue weighted by molar-refractivity contribution is 6.08. The van der Waals surface area contributed by atoms with E-state index >= 15 is 0 Å². The van der Waals surface area contributed by atoms with Crippen LogP contribution in [-0.2, 0) is 4.74 Å². The Labute approximate surface area is 163 Å². The van der Waals surface area contributed by atoms with Crippen molar-refractivity contribution in [3.63, 3.8) is 0 Å². The fraction of sp³-hybridized carbons (Fsp3) is 0.409. The minimum atomic E-state index is -0.613. The Morgan fingerprint density at radius 1 is 1.29 bits per heavy atom. The van der Waals surface area contributed by atoms with E-state index < -0.39 is 17.4 Å². The highest BCUT2D eigenvalue weighted by atomic mass is 19.1. The zero-order valence-electron chi connectivity index (χ0n) is 16.3. The highest BCUT2D eigenvalue weighted by Gasteiger charge is 2.32. The lowest BCUT2D eigenvalue weighted by Gasteiger charge is -2.31. The minimum absolute atomic E-state index is 0.0692. The fourth-order valence-electron chi connectivity index (χ4n) is 3.80. The van der Waals surface area contributed by atoms with Crippen LogP contribution in [0, 0.1) is 5.82 Å². The van der Waals surface area contributed by atoms with Crippen LogP contribution >= 0.6 is 0 Å². The molecule has 0 saturated carbocycles. The number of nitrogens with zero attached hydrogens (tertiary/aromatic N) is 1. The van der Waals surface area contributed by atoms with Crippen LogP contribution in [0.15, 0.2) is 24.3 Å². The molecule has 28 heavy (non-hydrogen) atoms. The average Bonchev–Trinajstić information content (AvgIpc) is 2.64. The van der Waals surface area contributed by atoms with E-state index in [-0.39, 0.29) is 17.4 Å². The topological polar surface area (TPSA) is 59.0 Å². The summed E-state index contributed by atoms with van der Waals surface area (Å²) in [6.45, 7) is 5.47. The van der Waals surface area contributed by atoms with Gasteiger partial charge in [-0.25, -0.2) is 9.18 Å². The summed E-state index contributed by atoms with van der Waals surface area (Å²) in [6.07, 6.45) is 4.88. The van der Waals surface area contributed by atoms with Crippen molar-refractivity contribution >= 4 is 22.8 Å². The number of rotatable bonds is 2. The molecule has 6 heteroatoms. The van der Waals surface area contributed by atoms with Gasteiger partial charge in [0.15, 0.2) is 0 Å². The number of hydrogen-bond acceptors (Lipinski definition) is 5. The minimum Gasteiger partial charge on any atom is -0.506 e. The predicted octanol–water partition coefficient (Wildman–Crippen LogP) is 4.12. The van der Waals surface area contributed by atoms with Crippen LogP contribution in [0.2, 0.25) is 0 Å². The first kappa shape index (κ1) is 18.7. The number of ether oxygens (including phenoxy) is 2. The summed E-state index contributed by atoms with van der Waals surface area (Å²) >= 11 is 0. The Kier molecular flexibility index (Phi) is 4.54. The normalized spacial score (nSPS) is 19.3. The van der Waals surface area contributed by atoms with Gasteiger partial charge in [-0.3, -0.25) is 0 Å². The SMILES string of the molecule is CN1CCC(OC(=O)c2c3c(c4cc(F)ccc4c2O)OC(C)(C)C=C3)CC1. The number of hydrogen-bond donors (Lipinski definition) is 1. The van der Waals surface area contributed by atoms with Crippen molar-refractivity contribution in [2.24, 2.45) is 0 Å². The maximum absolute atomic E-state index is 13.9. The van der Waals surface area contributed by atoms with Crippen molar-refractivity contribution in [1.29, 1.82) is 0 Å². The van der Waals surface area contributed by atoms with E-state index in [2.05, 4.69) is 4.90 Å². The van der Waals surface area contributed by atoms with Gasteiger partial charge in [-0.1, -0.05) is 6.08 Å². The average molecular weight is 385 g/mol. The molecule has 2 aliphatic rings. The third-order valence-electron chi connectivity index (χ3n) is 5.39. The Morgan fingerprint density at radius 3 is 2.71 bits per heavy atom. The summed E-state index contributed by atoms with van der Waals surface area (Å²) in [5, 5.41) is 11.6. The second kappa shape index (κ2) is 6.78. The Hall–Kier alpha value is -2.60. The molecule has 0 amide bonds. The van der Waals surface area contributed by atoms with Gasteiger partial charge in [-0.15, -0.1) is 0 Å². The molecule has 0 bridgehead atoms. The molecule has 0 aromatic heterocycles. The number of carbonyl (C=O) groups is 1. The third kappa shape index (κ3) is 3.33. The van der Waals surface area contributed by atoms with E-state index in [0.29, 0.717) is 22.1 Å². The van der Waals surface area contributed by atoms with Gasteiger partial charge in [0.2, 0.25) is 0 Å². The van der Waals surface area contributed by atoms with Crippen LogP contribution < -0.4 is 4.74 Å². The van der Waals surface area contributed by atoms with Gasteiger partial charge >= 0.3 is 5.97 Å². The molecule has 0 unspecified atom stereocenters. The maximum Gasteiger partial charge on any atom is 0.342 e. The van der Waals surface area contributed by atoms with Gasteiger partial charge in [-0.05, 0) is 58.0 Å². The number of phenolic OH excluding ortho intramolecular Hbond substituents is 1. The van der Waals surface area contributed by atoms with Crippen LogP contribution in [0.25, 0.3) is 16.8 Å². The van der Waals surface area contributed by atoms with E-state index in [1.165, 1.54) is 18.2 Å². The van der Waals surface area contributed by atoms with Crippen molar-refractivity contribution in [1.82, 2.24) is 4.90 Å². The van der Waals surface area contributed by atoms with Crippen molar-refractivity contribution < 1.29 is 23.8 Å².